The summed E-state index contributed by atoms with van der Waals surface area (Å²) in [5, 5.41) is 9.95. The third kappa shape index (κ3) is 3.83. The third-order valence-electron chi connectivity index (χ3n) is 3.04. The number of hydrogen-bond donors (Lipinski definition) is 1. The predicted octanol–water partition coefficient (Wildman–Crippen LogP) is 2.53. The van der Waals surface area contributed by atoms with Gasteiger partial charge < -0.3 is 9.15 Å². The zero-order chi connectivity index (χ0) is 16.8. The van der Waals surface area contributed by atoms with Gasteiger partial charge in [0.2, 0.25) is 5.89 Å². The van der Waals surface area contributed by atoms with Crippen LogP contribution in [0, 0.1) is 0 Å². The Hall–Kier alpha value is -3.48. The van der Waals surface area contributed by atoms with E-state index in [1.54, 1.807) is 42.5 Å². The molecule has 120 valence electrons. The van der Waals surface area contributed by atoms with Gasteiger partial charge in [-0.25, -0.2) is 4.79 Å². The molecule has 7 nitrogen and oxygen atoms in total. The molecule has 3 aromatic rings. The van der Waals surface area contributed by atoms with Gasteiger partial charge in [0.05, 0.1) is 5.56 Å². The summed E-state index contributed by atoms with van der Waals surface area (Å²) >= 11 is 0. The Morgan fingerprint density at radius 3 is 2.33 bits per heavy atom. The number of hydrogen-bond acceptors (Lipinski definition) is 6. The molecule has 0 aliphatic rings. The number of amides is 1. The van der Waals surface area contributed by atoms with Crippen LogP contribution < -0.4 is 5.32 Å². The van der Waals surface area contributed by atoms with Crippen molar-refractivity contribution in [3.05, 3.63) is 66.2 Å². The van der Waals surface area contributed by atoms with Crippen LogP contribution in [0.25, 0.3) is 11.5 Å². The van der Waals surface area contributed by atoms with Crippen molar-refractivity contribution in [3.63, 3.8) is 0 Å². The molecule has 0 aliphatic heterocycles. The summed E-state index contributed by atoms with van der Waals surface area (Å²) < 4.78 is 10.2. The standard InChI is InChI=1S/C17H13N3O4/c21-14(11-23-16(22)13-9-5-2-6-10-13)18-17-20-19-15(24-17)12-7-3-1-4-8-12/h1-10H,11H2,(H,18,20,21). The minimum absolute atomic E-state index is 0.0605. The second-order valence-electron chi connectivity index (χ2n) is 4.77. The lowest BCUT2D eigenvalue weighted by Gasteiger charge is -2.03. The summed E-state index contributed by atoms with van der Waals surface area (Å²) in [5.41, 5.74) is 1.11. The molecule has 7 heteroatoms. The Balaban J connectivity index is 1.54. The molecule has 0 aliphatic carbocycles. The van der Waals surface area contributed by atoms with Gasteiger partial charge in [0.1, 0.15) is 0 Å². The molecule has 0 radical (unpaired) electrons. The molecule has 0 spiro atoms. The number of carbonyl (C=O) groups is 2. The van der Waals surface area contributed by atoms with Crippen LogP contribution in [-0.4, -0.2) is 28.7 Å². The van der Waals surface area contributed by atoms with E-state index < -0.39 is 18.5 Å². The summed E-state index contributed by atoms with van der Waals surface area (Å²) in [5.74, 6) is -0.865. The SMILES string of the molecule is O=C(COC(=O)c1ccccc1)Nc1nnc(-c2ccccc2)o1. The Morgan fingerprint density at radius 1 is 0.958 bits per heavy atom. The van der Waals surface area contributed by atoms with Gasteiger partial charge in [-0.1, -0.05) is 41.5 Å². The van der Waals surface area contributed by atoms with Crippen molar-refractivity contribution in [1.82, 2.24) is 10.2 Å². The van der Waals surface area contributed by atoms with E-state index in [2.05, 4.69) is 15.5 Å². The fraction of sp³-hybridized carbons (Fsp3) is 0.0588. The van der Waals surface area contributed by atoms with Crippen LogP contribution in [0.1, 0.15) is 10.4 Å². The van der Waals surface area contributed by atoms with Crippen molar-refractivity contribution in [1.29, 1.82) is 0 Å². The summed E-state index contributed by atoms with van der Waals surface area (Å²) in [6.45, 7) is -0.448. The van der Waals surface area contributed by atoms with Crippen LogP contribution in [0.3, 0.4) is 0 Å². The molecule has 0 unspecified atom stereocenters. The van der Waals surface area contributed by atoms with E-state index in [1.165, 1.54) is 0 Å². The minimum atomic E-state index is -0.582. The molecule has 0 fully saturated rings. The fourth-order valence-electron chi connectivity index (χ4n) is 1.92. The van der Waals surface area contributed by atoms with E-state index in [1.807, 2.05) is 18.2 Å². The number of esters is 1. The van der Waals surface area contributed by atoms with E-state index in [9.17, 15) is 9.59 Å². The van der Waals surface area contributed by atoms with Crippen LogP contribution in [0.2, 0.25) is 0 Å². The summed E-state index contributed by atoms with van der Waals surface area (Å²) in [7, 11) is 0. The van der Waals surface area contributed by atoms with Crippen LogP contribution >= 0.6 is 0 Å². The molecule has 0 saturated heterocycles. The maximum atomic E-state index is 11.8. The topological polar surface area (TPSA) is 94.3 Å². The molecule has 1 aromatic heterocycles. The number of carbonyl (C=O) groups excluding carboxylic acids is 2. The number of aromatic nitrogens is 2. The monoisotopic (exact) mass is 323 g/mol. The minimum Gasteiger partial charge on any atom is -0.452 e. The number of nitrogens with one attached hydrogen (secondary N) is 1. The first-order valence-corrected chi connectivity index (χ1v) is 7.13. The summed E-state index contributed by atoms with van der Waals surface area (Å²) in [6, 6.07) is 17.5. The van der Waals surface area contributed by atoms with Gasteiger partial charge in [-0.3, -0.25) is 10.1 Å². The molecule has 1 amide bonds. The molecule has 3 rings (SSSR count). The highest BCUT2D eigenvalue weighted by molar-refractivity contribution is 5.94. The average molecular weight is 323 g/mol. The van der Waals surface area contributed by atoms with Crippen molar-refractivity contribution in [3.8, 4) is 11.5 Å². The normalized spacial score (nSPS) is 10.2. The lowest BCUT2D eigenvalue weighted by Crippen LogP contribution is -2.21. The van der Waals surface area contributed by atoms with Crippen molar-refractivity contribution in [2.75, 3.05) is 11.9 Å². The smallest absolute Gasteiger partial charge is 0.338 e. The van der Waals surface area contributed by atoms with E-state index in [4.69, 9.17) is 9.15 Å². The first-order valence-electron chi connectivity index (χ1n) is 7.13. The van der Waals surface area contributed by atoms with E-state index in [-0.39, 0.29) is 11.9 Å². The second kappa shape index (κ2) is 7.19. The molecule has 1 heterocycles. The zero-order valence-electron chi connectivity index (χ0n) is 12.5. The summed E-state index contributed by atoms with van der Waals surface area (Å²) in [4.78, 5) is 23.5. The largest absolute Gasteiger partial charge is 0.452 e. The van der Waals surface area contributed by atoms with Crippen molar-refractivity contribution in [2.24, 2.45) is 0 Å². The van der Waals surface area contributed by atoms with Gasteiger partial charge in [0, 0.05) is 5.56 Å². The maximum Gasteiger partial charge on any atom is 0.338 e. The zero-order valence-corrected chi connectivity index (χ0v) is 12.5. The molecule has 2 aromatic carbocycles. The molecule has 1 N–H and O–H groups in total. The van der Waals surface area contributed by atoms with Gasteiger partial charge in [-0.15, -0.1) is 5.10 Å². The van der Waals surface area contributed by atoms with Crippen molar-refractivity contribution in [2.45, 2.75) is 0 Å². The van der Waals surface area contributed by atoms with Gasteiger partial charge in [0.15, 0.2) is 6.61 Å². The number of anilines is 1. The summed E-state index contributed by atoms with van der Waals surface area (Å²) in [6.07, 6.45) is 0. The number of nitrogens with zero attached hydrogens (tertiary/aromatic N) is 2. The molecule has 0 saturated carbocycles. The Bertz CT molecular complexity index is 831. The first-order chi connectivity index (χ1) is 11.7. The second-order valence-corrected chi connectivity index (χ2v) is 4.77. The fourth-order valence-corrected chi connectivity index (χ4v) is 1.92. The number of benzene rings is 2. The quantitative estimate of drug-likeness (QED) is 0.725. The average Bonchev–Trinajstić information content (AvgIpc) is 3.09. The van der Waals surface area contributed by atoms with E-state index >= 15 is 0 Å². The Kier molecular flexibility index (Phi) is 4.62. The van der Waals surface area contributed by atoms with Gasteiger partial charge in [0.25, 0.3) is 5.91 Å². The third-order valence-corrected chi connectivity index (χ3v) is 3.04. The molecule has 24 heavy (non-hydrogen) atoms. The molecular formula is C17H13N3O4. The number of ether oxygens (including phenoxy) is 1. The van der Waals surface area contributed by atoms with E-state index in [0.717, 1.165) is 5.56 Å². The number of rotatable bonds is 5. The van der Waals surface area contributed by atoms with Crippen molar-refractivity contribution < 1.29 is 18.7 Å². The molecular weight excluding hydrogens is 310 g/mol. The Morgan fingerprint density at radius 2 is 1.62 bits per heavy atom. The van der Waals surface area contributed by atoms with Crippen molar-refractivity contribution >= 4 is 17.9 Å². The lowest BCUT2D eigenvalue weighted by atomic mass is 10.2. The maximum absolute atomic E-state index is 11.8. The highest BCUT2D eigenvalue weighted by atomic mass is 16.5. The van der Waals surface area contributed by atoms with Crippen LogP contribution in [0.5, 0.6) is 0 Å². The Labute approximate surface area is 137 Å². The molecule has 0 bridgehead atoms. The highest BCUT2D eigenvalue weighted by Gasteiger charge is 2.13. The van der Waals surface area contributed by atoms with Gasteiger partial charge in [-0.2, -0.15) is 0 Å². The van der Waals surface area contributed by atoms with Gasteiger partial charge in [-0.05, 0) is 24.3 Å². The lowest BCUT2D eigenvalue weighted by molar-refractivity contribution is -0.119. The first kappa shape index (κ1) is 15.4. The molecule has 0 atom stereocenters. The van der Waals surface area contributed by atoms with Crippen LogP contribution in [0.4, 0.5) is 6.01 Å². The van der Waals surface area contributed by atoms with Gasteiger partial charge >= 0.3 is 12.0 Å². The highest BCUT2D eigenvalue weighted by Crippen LogP contribution is 2.18. The predicted molar refractivity (Wildman–Crippen MR) is 85.1 cm³/mol. The van der Waals surface area contributed by atoms with E-state index in [0.29, 0.717) is 5.56 Å². The van der Waals surface area contributed by atoms with Crippen LogP contribution in [0.15, 0.2) is 65.1 Å². The van der Waals surface area contributed by atoms with Crippen LogP contribution in [-0.2, 0) is 9.53 Å².